The highest BCUT2D eigenvalue weighted by Gasteiger charge is 2.25. The summed E-state index contributed by atoms with van der Waals surface area (Å²) in [4.78, 5) is 9.81. The van der Waals surface area contributed by atoms with Gasteiger partial charge >= 0.3 is 0 Å². The Labute approximate surface area is 277 Å². The molecule has 0 saturated carbocycles. The number of aromatic nitrogens is 3. The highest BCUT2D eigenvalue weighted by molar-refractivity contribution is 6.19. The third kappa shape index (κ3) is 4.39. The fourth-order valence-corrected chi connectivity index (χ4v) is 6.96. The minimum Gasteiger partial charge on any atom is -0.457 e. The van der Waals surface area contributed by atoms with Gasteiger partial charge in [-0.25, -0.2) is 9.97 Å². The van der Waals surface area contributed by atoms with Gasteiger partial charge in [-0.3, -0.25) is 4.57 Å². The van der Waals surface area contributed by atoms with Crippen LogP contribution in [0.5, 0.6) is 11.5 Å². The first-order valence-corrected chi connectivity index (χ1v) is 16.4. The van der Waals surface area contributed by atoms with Gasteiger partial charge in [0.1, 0.15) is 33.9 Å². The monoisotopic (exact) mass is 629 g/mol. The number of rotatable bonds is 4. The quantitative estimate of drug-likeness (QED) is 0.194. The molecule has 0 aliphatic rings. The largest absolute Gasteiger partial charge is 0.457 e. The second-order valence-corrected chi connectivity index (χ2v) is 14.8. The van der Waals surface area contributed by atoms with Crippen molar-refractivity contribution in [2.45, 2.75) is 52.4 Å². The summed E-state index contributed by atoms with van der Waals surface area (Å²) < 4.78 is 21.6. The number of para-hydroxylation sites is 1. The van der Waals surface area contributed by atoms with Gasteiger partial charge in [0.2, 0.25) is 5.71 Å². The van der Waals surface area contributed by atoms with Crippen molar-refractivity contribution in [3.63, 3.8) is 0 Å². The minimum atomic E-state index is -0.162. The third-order valence-corrected chi connectivity index (χ3v) is 9.38. The van der Waals surface area contributed by atoms with Crippen LogP contribution in [-0.2, 0) is 10.8 Å². The lowest BCUT2D eigenvalue weighted by Crippen LogP contribution is -2.14. The van der Waals surface area contributed by atoms with Gasteiger partial charge in [0.25, 0.3) is 0 Å². The Morgan fingerprint density at radius 1 is 0.667 bits per heavy atom. The summed E-state index contributed by atoms with van der Waals surface area (Å²) in [5, 5.41) is 4.21. The van der Waals surface area contributed by atoms with Crippen molar-refractivity contribution < 1.29 is 13.6 Å². The third-order valence-electron chi connectivity index (χ3n) is 9.38. The maximum absolute atomic E-state index is 6.96. The van der Waals surface area contributed by atoms with Gasteiger partial charge in [-0.15, -0.1) is 0 Å². The van der Waals surface area contributed by atoms with E-state index in [9.17, 15) is 0 Å². The molecule has 0 unspecified atom stereocenters. The molecule has 0 spiro atoms. The van der Waals surface area contributed by atoms with Crippen LogP contribution in [-0.4, -0.2) is 14.5 Å². The molecule has 0 atom stereocenters. The van der Waals surface area contributed by atoms with Crippen LogP contribution in [0.25, 0.3) is 72.1 Å². The predicted octanol–water partition coefficient (Wildman–Crippen LogP) is 11.7. The number of ether oxygens (including phenoxy) is 1. The van der Waals surface area contributed by atoms with Gasteiger partial charge in [0, 0.05) is 40.2 Å². The molecule has 4 aromatic carbocycles. The van der Waals surface area contributed by atoms with E-state index in [0.717, 1.165) is 83.6 Å². The molecule has 236 valence electrons. The van der Waals surface area contributed by atoms with Crippen LogP contribution in [0.1, 0.15) is 52.7 Å². The molecule has 5 aromatic heterocycles. The van der Waals surface area contributed by atoms with Gasteiger partial charge in [0.05, 0.1) is 27.7 Å². The molecule has 48 heavy (non-hydrogen) atoms. The van der Waals surface area contributed by atoms with E-state index in [1.54, 1.807) is 0 Å². The molecular weight excluding hydrogens is 594 g/mol. The Bertz CT molecular complexity index is 2560. The van der Waals surface area contributed by atoms with Gasteiger partial charge in [-0.2, -0.15) is 0 Å². The SMILES string of the molecule is CC(C)(C)c1cc(Oc2cc(-n3c4ccccc4c4cccnc43)ccc2C(C)(C)C)cc(-c2cc3oc4cccc5oc(n2)c3c45)c1. The van der Waals surface area contributed by atoms with E-state index in [4.69, 9.17) is 23.5 Å². The van der Waals surface area contributed by atoms with Gasteiger partial charge < -0.3 is 13.6 Å². The molecule has 6 nitrogen and oxygen atoms in total. The van der Waals surface area contributed by atoms with Crippen molar-refractivity contribution in [2.24, 2.45) is 0 Å². The highest BCUT2D eigenvalue weighted by atomic mass is 16.5. The average Bonchev–Trinajstić information content (AvgIpc) is 3.73. The summed E-state index contributed by atoms with van der Waals surface area (Å²) in [5.74, 6) is 1.54. The Morgan fingerprint density at radius 2 is 1.46 bits per heavy atom. The van der Waals surface area contributed by atoms with Crippen LogP contribution in [0.2, 0.25) is 0 Å². The average molecular weight is 630 g/mol. The standard InChI is InChI=1S/C42H35N3O3/c1-41(2,3)25-19-24(31-23-36-38-37-33(47-36)14-9-15-34(37)48-40(38)44-31)20-27(21-25)46-35-22-26(16-17-30(35)42(4,5)6)45-32-13-8-7-11-28(32)29-12-10-18-43-39(29)45/h7-23H,1-6H3. The topological polar surface area (TPSA) is 66.2 Å². The van der Waals surface area contributed by atoms with Crippen LogP contribution in [0.3, 0.4) is 0 Å². The zero-order valence-corrected chi connectivity index (χ0v) is 27.9. The van der Waals surface area contributed by atoms with E-state index in [2.05, 4.69) is 113 Å². The first-order valence-electron chi connectivity index (χ1n) is 16.4. The molecule has 0 saturated heterocycles. The lowest BCUT2D eigenvalue weighted by atomic mass is 9.85. The molecule has 0 radical (unpaired) electrons. The maximum atomic E-state index is 6.96. The number of furan rings is 2. The van der Waals surface area contributed by atoms with Gasteiger partial charge in [0.15, 0.2) is 0 Å². The van der Waals surface area contributed by atoms with Crippen molar-refractivity contribution in [2.75, 3.05) is 0 Å². The van der Waals surface area contributed by atoms with Crippen molar-refractivity contribution in [1.29, 1.82) is 0 Å². The number of hydrogen-bond acceptors (Lipinski definition) is 5. The molecular formula is C42H35N3O3. The molecule has 0 amide bonds. The smallest absolute Gasteiger partial charge is 0.231 e. The van der Waals surface area contributed by atoms with E-state index in [1.807, 2.05) is 36.5 Å². The van der Waals surface area contributed by atoms with E-state index >= 15 is 0 Å². The summed E-state index contributed by atoms with van der Waals surface area (Å²) in [6.07, 6.45) is 1.85. The summed E-state index contributed by atoms with van der Waals surface area (Å²) in [7, 11) is 0. The summed E-state index contributed by atoms with van der Waals surface area (Å²) in [6, 6.07) is 33.4. The van der Waals surface area contributed by atoms with Crippen molar-refractivity contribution in [1.82, 2.24) is 14.5 Å². The molecule has 0 aliphatic heterocycles. The van der Waals surface area contributed by atoms with E-state index in [1.165, 1.54) is 5.39 Å². The summed E-state index contributed by atoms with van der Waals surface area (Å²) in [6.45, 7) is 13.3. The van der Waals surface area contributed by atoms with Crippen molar-refractivity contribution in [3.05, 3.63) is 114 Å². The maximum Gasteiger partial charge on any atom is 0.231 e. The summed E-state index contributed by atoms with van der Waals surface area (Å²) in [5.41, 5.74) is 9.60. The van der Waals surface area contributed by atoms with Crippen LogP contribution in [0.15, 0.2) is 112 Å². The van der Waals surface area contributed by atoms with E-state index < -0.39 is 0 Å². The Hall–Kier alpha value is -5.62. The van der Waals surface area contributed by atoms with Gasteiger partial charge in [-0.05, 0) is 71.0 Å². The number of benzene rings is 4. The van der Waals surface area contributed by atoms with Crippen LogP contribution < -0.4 is 4.74 Å². The molecule has 0 N–H and O–H groups in total. The second kappa shape index (κ2) is 9.94. The predicted molar refractivity (Wildman–Crippen MR) is 194 cm³/mol. The highest BCUT2D eigenvalue weighted by Crippen LogP contribution is 2.43. The molecule has 9 aromatic rings. The van der Waals surface area contributed by atoms with Crippen molar-refractivity contribution in [3.8, 4) is 28.4 Å². The number of fused-ring (bicyclic) bond motifs is 3. The lowest BCUT2D eigenvalue weighted by Gasteiger charge is -2.25. The van der Waals surface area contributed by atoms with Crippen LogP contribution in [0, 0.1) is 0 Å². The first-order chi connectivity index (χ1) is 23.0. The molecule has 6 heteroatoms. The molecule has 0 fully saturated rings. The number of nitrogens with zero attached hydrogens (tertiary/aromatic N) is 3. The Balaban J connectivity index is 1.22. The van der Waals surface area contributed by atoms with Crippen molar-refractivity contribution >= 4 is 55.2 Å². The molecule has 0 aliphatic carbocycles. The molecule has 9 rings (SSSR count). The zero-order valence-electron chi connectivity index (χ0n) is 27.9. The molecule has 0 bridgehead atoms. The molecule has 5 heterocycles. The summed E-state index contributed by atoms with van der Waals surface area (Å²) >= 11 is 0. The zero-order chi connectivity index (χ0) is 32.9. The minimum absolute atomic E-state index is 0.137. The number of pyridine rings is 2. The first kappa shape index (κ1) is 28.6. The second-order valence-electron chi connectivity index (χ2n) is 14.8. The fourth-order valence-electron chi connectivity index (χ4n) is 6.96. The van der Waals surface area contributed by atoms with Gasteiger partial charge in [-0.1, -0.05) is 71.9 Å². The van der Waals surface area contributed by atoms with Crippen LogP contribution in [0.4, 0.5) is 0 Å². The lowest BCUT2D eigenvalue weighted by molar-refractivity contribution is 0.453. The Kier molecular flexibility index (Phi) is 5.92. The van der Waals surface area contributed by atoms with Crippen LogP contribution >= 0.6 is 0 Å². The normalized spacial score (nSPS) is 12.8. The van der Waals surface area contributed by atoms with E-state index in [-0.39, 0.29) is 10.8 Å². The van der Waals surface area contributed by atoms with E-state index in [0.29, 0.717) is 5.71 Å². The number of hydrogen-bond donors (Lipinski definition) is 0. The fraction of sp³-hybridized carbons (Fsp3) is 0.190. The Morgan fingerprint density at radius 3 is 2.27 bits per heavy atom.